The van der Waals surface area contributed by atoms with Gasteiger partial charge in [-0.3, -0.25) is 4.79 Å². The molecule has 0 fully saturated rings. The molecule has 1 unspecified atom stereocenters. The molecule has 5 rings (SSSR count). The summed E-state index contributed by atoms with van der Waals surface area (Å²) >= 11 is 0. The van der Waals surface area contributed by atoms with Crippen molar-refractivity contribution < 1.29 is 9.90 Å². The molecular formula is C62H98N2O2. The van der Waals surface area contributed by atoms with Crippen LogP contribution in [0, 0.1) is 5.92 Å². The van der Waals surface area contributed by atoms with E-state index in [1.165, 1.54) is 215 Å². The summed E-state index contributed by atoms with van der Waals surface area (Å²) in [4.78, 5) is 19.1. The van der Waals surface area contributed by atoms with Crippen molar-refractivity contribution >= 4 is 17.2 Å². The van der Waals surface area contributed by atoms with Crippen molar-refractivity contribution in [3.8, 4) is 0 Å². The van der Waals surface area contributed by atoms with Gasteiger partial charge in [0.25, 0.3) is 0 Å². The standard InChI is InChI=1S/C62H98N2O2/c1-7-9-11-13-15-17-19-21-23-25-27-29-31-33-35-41-47-63-55-45-39-37-43-53(55)61(3,4)57(63)49-51-59(65)52(60(51)66)50-58-62(5,6)54-44-38-40-46-56(54)64(58)48-42-36-34-32-30-28-26-24-22-20-18-16-14-12-10-8-2/h37-40,43-46,49-51,65H,7-36,41-42,47-48H2,1-6H3/b57-49+,58-50+. The number of nitrogens with zero attached hydrogens (tertiary/aromatic N) is 2. The number of rotatable bonds is 36. The van der Waals surface area contributed by atoms with Gasteiger partial charge in [0.05, 0.1) is 5.57 Å². The summed E-state index contributed by atoms with van der Waals surface area (Å²) in [6, 6.07) is 17.5. The van der Waals surface area contributed by atoms with Crippen LogP contribution in [0.2, 0.25) is 0 Å². The highest BCUT2D eigenvalue weighted by atomic mass is 16.3. The minimum Gasteiger partial charge on any atom is -0.510 e. The molecule has 2 heterocycles. The van der Waals surface area contributed by atoms with Crippen molar-refractivity contribution in [2.75, 3.05) is 22.9 Å². The fourth-order valence-electron chi connectivity index (χ4n) is 11.5. The van der Waals surface area contributed by atoms with Crippen LogP contribution in [0.3, 0.4) is 0 Å². The van der Waals surface area contributed by atoms with Crippen LogP contribution in [0.5, 0.6) is 0 Å². The lowest BCUT2D eigenvalue weighted by Gasteiger charge is -2.33. The molecule has 1 aliphatic carbocycles. The number of benzene rings is 2. The number of unbranched alkanes of at least 4 members (excludes halogenated alkanes) is 30. The van der Waals surface area contributed by atoms with Gasteiger partial charge in [0.15, 0.2) is 5.78 Å². The Balaban J connectivity index is 1.10. The van der Waals surface area contributed by atoms with Crippen molar-refractivity contribution in [2.45, 2.75) is 258 Å². The zero-order valence-corrected chi connectivity index (χ0v) is 43.6. The predicted octanol–water partition coefficient (Wildman–Crippen LogP) is 18.9. The Hall–Kier alpha value is -3.27. The van der Waals surface area contributed by atoms with E-state index >= 15 is 0 Å². The number of hydrogen-bond acceptors (Lipinski definition) is 4. The van der Waals surface area contributed by atoms with Crippen LogP contribution in [-0.4, -0.2) is 24.0 Å². The van der Waals surface area contributed by atoms with E-state index in [-0.39, 0.29) is 22.4 Å². The topological polar surface area (TPSA) is 43.8 Å². The molecule has 0 saturated heterocycles. The molecule has 2 aliphatic heterocycles. The summed E-state index contributed by atoms with van der Waals surface area (Å²) in [5.74, 6) is -0.339. The van der Waals surface area contributed by atoms with E-state index in [9.17, 15) is 9.90 Å². The van der Waals surface area contributed by atoms with E-state index in [1.807, 2.05) is 6.08 Å². The predicted molar refractivity (Wildman–Crippen MR) is 287 cm³/mol. The third-order valence-corrected chi connectivity index (χ3v) is 15.8. The normalized spacial score (nSPS) is 18.5. The fourth-order valence-corrected chi connectivity index (χ4v) is 11.5. The quantitative estimate of drug-likeness (QED) is 0.0692. The van der Waals surface area contributed by atoms with E-state index < -0.39 is 5.92 Å². The Morgan fingerprint density at radius 1 is 0.455 bits per heavy atom. The van der Waals surface area contributed by atoms with Crippen LogP contribution in [0.25, 0.3) is 0 Å². The molecule has 4 nitrogen and oxygen atoms in total. The lowest BCUT2D eigenvalue weighted by molar-refractivity contribution is -0.120. The van der Waals surface area contributed by atoms with Gasteiger partial charge in [0.1, 0.15) is 11.7 Å². The van der Waals surface area contributed by atoms with Crippen molar-refractivity contribution in [1.82, 2.24) is 0 Å². The first-order valence-electron chi connectivity index (χ1n) is 28.3. The molecule has 0 aromatic heterocycles. The number of anilines is 2. The third kappa shape index (κ3) is 15.4. The van der Waals surface area contributed by atoms with Crippen molar-refractivity contribution in [3.05, 3.63) is 94.5 Å². The molecule has 0 saturated carbocycles. The molecule has 0 radical (unpaired) electrons. The van der Waals surface area contributed by atoms with Crippen LogP contribution in [0.1, 0.15) is 258 Å². The molecular weight excluding hydrogens is 805 g/mol. The molecule has 1 N–H and O–H groups in total. The number of carbonyl (C=O) groups is 1. The van der Waals surface area contributed by atoms with Gasteiger partial charge in [-0.1, -0.05) is 271 Å². The molecule has 0 amide bonds. The van der Waals surface area contributed by atoms with Gasteiger partial charge in [-0.15, -0.1) is 0 Å². The number of allylic oxidation sites excluding steroid dienone is 5. The van der Waals surface area contributed by atoms with Gasteiger partial charge in [0, 0.05) is 46.7 Å². The monoisotopic (exact) mass is 903 g/mol. The van der Waals surface area contributed by atoms with Crippen LogP contribution < -0.4 is 9.80 Å². The first kappa shape index (κ1) is 53.7. The first-order valence-corrected chi connectivity index (χ1v) is 28.3. The SMILES string of the molecule is CCCCCCCCCCCCCCCCCCN1/C(=C/C2=C(O)C(/C=C3/N(CCCCCCCCCCCCCCCCCC)c4ccccc4C3(C)C)C2=O)C(C)(C)c2ccccc21. The minimum atomic E-state index is -0.602. The van der Waals surface area contributed by atoms with Crippen molar-refractivity contribution in [2.24, 2.45) is 5.92 Å². The molecule has 3 aliphatic rings. The zero-order chi connectivity index (χ0) is 47.0. The highest BCUT2D eigenvalue weighted by molar-refractivity contribution is 6.10. The Bertz CT molecular complexity index is 1810. The summed E-state index contributed by atoms with van der Waals surface area (Å²) in [5, 5.41) is 11.8. The van der Waals surface area contributed by atoms with Crippen LogP contribution in [0.15, 0.2) is 83.4 Å². The Morgan fingerprint density at radius 2 is 0.758 bits per heavy atom. The lowest BCUT2D eigenvalue weighted by Crippen LogP contribution is -2.35. The molecule has 2 aromatic rings. The van der Waals surface area contributed by atoms with Crippen LogP contribution in [0.4, 0.5) is 11.4 Å². The largest absolute Gasteiger partial charge is 0.510 e. The average molecular weight is 903 g/mol. The average Bonchev–Trinajstić information content (AvgIpc) is 3.67. The van der Waals surface area contributed by atoms with Gasteiger partial charge in [0.2, 0.25) is 0 Å². The second-order valence-corrected chi connectivity index (χ2v) is 21.9. The zero-order valence-electron chi connectivity index (χ0n) is 43.6. The summed E-state index contributed by atoms with van der Waals surface area (Å²) in [5.41, 5.74) is 7.36. The molecule has 368 valence electrons. The first-order chi connectivity index (χ1) is 32.1. The molecule has 4 heteroatoms. The number of para-hydroxylation sites is 2. The summed E-state index contributed by atoms with van der Waals surface area (Å²) < 4.78 is 0. The molecule has 2 aromatic carbocycles. The van der Waals surface area contributed by atoms with Crippen LogP contribution in [-0.2, 0) is 15.6 Å². The minimum absolute atomic E-state index is 0.0377. The molecule has 66 heavy (non-hydrogen) atoms. The van der Waals surface area contributed by atoms with E-state index in [4.69, 9.17) is 0 Å². The van der Waals surface area contributed by atoms with Crippen molar-refractivity contribution in [1.29, 1.82) is 0 Å². The molecule has 1 atom stereocenters. The number of aliphatic hydroxyl groups is 1. The van der Waals surface area contributed by atoms with E-state index in [1.54, 1.807) is 0 Å². The van der Waals surface area contributed by atoms with Gasteiger partial charge in [-0.05, 0) is 48.3 Å². The summed E-state index contributed by atoms with van der Waals surface area (Å²) in [7, 11) is 0. The Kier molecular flexibility index (Phi) is 23.5. The highest BCUT2D eigenvalue weighted by Crippen LogP contribution is 2.51. The van der Waals surface area contributed by atoms with E-state index in [0.29, 0.717) is 5.57 Å². The van der Waals surface area contributed by atoms with E-state index in [2.05, 4.69) is 106 Å². The lowest BCUT2D eigenvalue weighted by atomic mass is 9.76. The number of fused-ring (bicyclic) bond motifs is 2. The third-order valence-electron chi connectivity index (χ3n) is 15.8. The summed E-state index contributed by atoms with van der Waals surface area (Å²) in [6.45, 7) is 15.6. The number of carbonyl (C=O) groups excluding carboxylic acids is 1. The Labute approximate surface area is 406 Å². The maximum Gasteiger partial charge on any atom is 0.180 e. The number of Topliss-reactive ketones (excluding diaryl/α,β-unsaturated/α-hetero) is 1. The van der Waals surface area contributed by atoms with Gasteiger partial charge in [-0.25, -0.2) is 0 Å². The summed E-state index contributed by atoms with van der Waals surface area (Å²) in [6.07, 6.45) is 47.8. The van der Waals surface area contributed by atoms with Crippen LogP contribution >= 0.6 is 0 Å². The smallest absolute Gasteiger partial charge is 0.180 e. The Morgan fingerprint density at radius 3 is 1.11 bits per heavy atom. The van der Waals surface area contributed by atoms with Gasteiger partial charge in [-0.2, -0.15) is 0 Å². The van der Waals surface area contributed by atoms with E-state index in [0.717, 1.165) is 37.3 Å². The molecule has 0 bridgehead atoms. The second-order valence-electron chi connectivity index (χ2n) is 21.9. The number of aliphatic hydroxyl groups excluding tert-OH is 1. The van der Waals surface area contributed by atoms with Gasteiger partial charge >= 0.3 is 0 Å². The fraction of sp³-hybridized carbons (Fsp3) is 0.694. The molecule has 0 spiro atoms. The second kappa shape index (κ2) is 28.9. The maximum absolute atomic E-state index is 14.2. The maximum atomic E-state index is 14.2. The van der Waals surface area contributed by atoms with Gasteiger partial charge < -0.3 is 14.9 Å². The number of hydrogen-bond donors (Lipinski definition) is 1. The highest BCUT2D eigenvalue weighted by Gasteiger charge is 2.46. The number of ketones is 1. The van der Waals surface area contributed by atoms with Crippen molar-refractivity contribution in [3.63, 3.8) is 0 Å².